The fraction of sp³-hybridized carbons (Fsp3) is 0.231. The second-order valence-electron chi connectivity index (χ2n) is 4.62. The van der Waals surface area contributed by atoms with Crippen molar-refractivity contribution in [1.29, 1.82) is 0 Å². The Hall–Kier alpha value is -1.93. The van der Waals surface area contributed by atoms with Gasteiger partial charge in [0.1, 0.15) is 17.4 Å². The average molecular weight is 316 g/mol. The molecule has 2 rings (SSSR count). The molecule has 0 aliphatic heterocycles. The van der Waals surface area contributed by atoms with E-state index in [0.29, 0.717) is 5.76 Å². The van der Waals surface area contributed by atoms with Crippen LogP contribution in [0.25, 0.3) is 0 Å². The molecular formula is C13H14F2N2O3S. The molecule has 0 bridgehead atoms. The molecule has 1 aromatic heterocycles. The maximum absolute atomic E-state index is 13.7. The smallest absolute Gasteiger partial charge is 0.246 e. The van der Waals surface area contributed by atoms with Crippen molar-refractivity contribution in [3.8, 4) is 0 Å². The van der Waals surface area contributed by atoms with Crippen molar-refractivity contribution in [3.05, 3.63) is 47.9 Å². The summed E-state index contributed by atoms with van der Waals surface area (Å²) in [6.07, 6.45) is 1.71. The highest BCUT2D eigenvalue weighted by Gasteiger charge is 2.26. The van der Waals surface area contributed by atoms with Crippen LogP contribution in [0.15, 0.2) is 39.8 Å². The molecule has 21 heavy (non-hydrogen) atoms. The Bertz CT molecular complexity index is 707. The van der Waals surface area contributed by atoms with Crippen LogP contribution in [-0.2, 0) is 16.4 Å². The number of nitrogens with one attached hydrogen (secondary N) is 1. The number of hydrogen-bond acceptors (Lipinski definition) is 4. The number of halogens is 2. The highest BCUT2D eigenvalue weighted by atomic mass is 32.2. The zero-order chi connectivity index (χ0) is 15.6. The third-order valence-electron chi connectivity index (χ3n) is 2.73. The van der Waals surface area contributed by atoms with E-state index in [1.54, 1.807) is 19.1 Å². The van der Waals surface area contributed by atoms with Crippen LogP contribution in [0.3, 0.4) is 0 Å². The number of furan rings is 1. The molecule has 0 aliphatic carbocycles. The zero-order valence-corrected chi connectivity index (χ0v) is 12.0. The first kappa shape index (κ1) is 15.5. The molecule has 1 aromatic carbocycles. The fourth-order valence-corrected chi connectivity index (χ4v) is 3.29. The number of rotatable bonds is 5. The van der Waals surface area contributed by atoms with Crippen molar-refractivity contribution >= 4 is 15.7 Å². The van der Waals surface area contributed by atoms with Gasteiger partial charge in [-0.15, -0.1) is 0 Å². The van der Waals surface area contributed by atoms with Crippen LogP contribution in [0.5, 0.6) is 0 Å². The molecule has 114 valence electrons. The van der Waals surface area contributed by atoms with E-state index in [2.05, 4.69) is 4.72 Å². The van der Waals surface area contributed by atoms with Gasteiger partial charge in [-0.25, -0.2) is 21.9 Å². The summed E-state index contributed by atoms with van der Waals surface area (Å²) in [5.41, 5.74) is 5.07. The van der Waals surface area contributed by atoms with Gasteiger partial charge >= 0.3 is 0 Å². The van der Waals surface area contributed by atoms with Gasteiger partial charge in [0.2, 0.25) is 10.0 Å². The van der Waals surface area contributed by atoms with Gasteiger partial charge in [0.25, 0.3) is 0 Å². The van der Waals surface area contributed by atoms with Gasteiger partial charge in [-0.3, -0.25) is 0 Å². The van der Waals surface area contributed by atoms with E-state index in [4.69, 9.17) is 10.2 Å². The molecule has 3 N–H and O–H groups in total. The van der Waals surface area contributed by atoms with Crippen molar-refractivity contribution in [1.82, 2.24) is 4.72 Å². The molecule has 0 radical (unpaired) electrons. The Morgan fingerprint density at radius 3 is 2.48 bits per heavy atom. The third-order valence-corrected chi connectivity index (χ3v) is 4.37. The fourth-order valence-electron chi connectivity index (χ4n) is 1.93. The minimum absolute atomic E-state index is 0.187. The number of nitrogen functional groups attached to an aromatic ring is 1. The molecule has 0 saturated heterocycles. The molecular weight excluding hydrogens is 302 g/mol. The first-order chi connectivity index (χ1) is 9.79. The second-order valence-corrected chi connectivity index (χ2v) is 6.27. The topological polar surface area (TPSA) is 85.3 Å². The predicted octanol–water partition coefficient (Wildman–Crippen LogP) is 2.05. The van der Waals surface area contributed by atoms with E-state index in [1.165, 1.54) is 6.26 Å². The molecule has 0 fully saturated rings. The quantitative estimate of drug-likeness (QED) is 0.827. The third kappa shape index (κ3) is 3.59. The van der Waals surface area contributed by atoms with Crippen LogP contribution in [-0.4, -0.2) is 14.5 Å². The zero-order valence-electron chi connectivity index (χ0n) is 11.1. The van der Waals surface area contributed by atoms with Gasteiger partial charge in [-0.1, -0.05) is 0 Å². The van der Waals surface area contributed by atoms with Gasteiger partial charge in [-0.2, -0.15) is 0 Å². The highest BCUT2D eigenvalue weighted by molar-refractivity contribution is 7.89. The van der Waals surface area contributed by atoms with Gasteiger partial charge in [0.05, 0.1) is 6.26 Å². The Morgan fingerprint density at radius 1 is 1.33 bits per heavy atom. The summed E-state index contributed by atoms with van der Waals surface area (Å²) < 4.78 is 58.8. The second kappa shape index (κ2) is 5.82. The number of nitrogens with two attached hydrogens (primary N) is 1. The van der Waals surface area contributed by atoms with E-state index in [1.807, 2.05) is 0 Å². The maximum atomic E-state index is 13.7. The summed E-state index contributed by atoms with van der Waals surface area (Å²) >= 11 is 0. The number of anilines is 1. The molecule has 0 aliphatic rings. The maximum Gasteiger partial charge on any atom is 0.246 e. The van der Waals surface area contributed by atoms with Crippen LogP contribution in [0.4, 0.5) is 14.5 Å². The SMILES string of the molecule is CC(Cc1ccco1)NS(=O)(=O)c1c(F)cc(N)cc1F. The Balaban J connectivity index is 2.22. The Labute approximate surface area is 120 Å². The Kier molecular flexibility index (Phi) is 4.29. The minimum Gasteiger partial charge on any atom is -0.469 e. The average Bonchev–Trinajstić information content (AvgIpc) is 2.78. The summed E-state index contributed by atoms with van der Waals surface area (Å²) in [5, 5.41) is 0. The largest absolute Gasteiger partial charge is 0.469 e. The van der Waals surface area contributed by atoms with E-state index in [0.717, 1.165) is 12.1 Å². The lowest BCUT2D eigenvalue weighted by Crippen LogP contribution is -2.35. The summed E-state index contributed by atoms with van der Waals surface area (Å²) in [7, 11) is -4.34. The van der Waals surface area contributed by atoms with Crippen LogP contribution >= 0.6 is 0 Å². The van der Waals surface area contributed by atoms with E-state index in [9.17, 15) is 17.2 Å². The predicted molar refractivity (Wildman–Crippen MR) is 73.0 cm³/mol. The number of benzene rings is 1. The lowest BCUT2D eigenvalue weighted by Gasteiger charge is -2.14. The lowest BCUT2D eigenvalue weighted by atomic mass is 10.2. The standard InChI is InChI=1S/C13H14F2N2O3S/c1-8(5-10-3-2-4-20-10)17-21(18,19)13-11(14)6-9(16)7-12(13)15/h2-4,6-8,17H,5,16H2,1H3. The van der Waals surface area contributed by atoms with Crippen molar-refractivity contribution in [3.63, 3.8) is 0 Å². The number of hydrogen-bond donors (Lipinski definition) is 2. The van der Waals surface area contributed by atoms with Gasteiger partial charge in [-0.05, 0) is 31.2 Å². The molecule has 0 spiro atoms. The normalized spacial score (nSPS) is 13.3. The van der Waals surface area contributed by atoms with E-state index in [-0.39, 0.29) is 12.1 Å². The molecule has 1 unspecified atom stereocenters. The molecule has 1 atom stereocenters. The monoisotopic (exact) mass is 316 g/mol. The molecule has 1 heterocycles. The molecule has 8 heteroatoms. The van der Waals surface area contributed by atoms with Gasteiger partial charge in [0.15, 0.2) is 4.90 Å². The summed E-state index contributed by atoms with van der Waals surface area (Å²) in [4.78, 5) is -1.04. The molecule has 0 amide bonds. The van der Waals surface area contributed by atoms with Crippen LogP contribution in [0, 0.1) is 11.6 Å². The van der Waals surface area contributed by atoms with Crippen LogP contribution < -0.4 is 10.5 Å². The summed E-state index contributed by atoms with van der Waals surface area (Å²) in [6.45, 7) is 1.56. The van der Waals surface area contributed by atoms with Crippen LogP contribution in [0.1, 0.15) is 12.7 Å². The molecule has 2 aromatic rings. The molecule has 0 saturated carbocycles. The minimum atomic E-state index is -4.34. The highest BCUT2D eigenvalue weighted by Crippen LogP contribution is 2.22. The van der Waals surface area contributed by atoms with Gasteiger partial charge in [0, 0.05) is 18.2 Å². The number of sulfonamides is 1. The summed E-state index contributed by atoms with van der Waals surface area (Å²) in [5.74, 6) is -1.90. The molecule has 5 nitrogen and oxygen atoms in total. The van der Waals surface area contributed by atoms with Gasteiger partial charge < -0.3 is 10.2 Å². The van der Waals surface area contributed by atoms with Crippen molar-refractivity contribution in [2.75, 3.05) is 5.73 Å². The first-order valence-corrected chi connectivity index (χ1v) is 7.57. The lowest BCUT2D eigenvalue weighted by molar-refractivity contribution is 0.474. The van der Waals surface area contributed by atoms with Crippen molar-refractivity contribution in [2.45, 2.75) is 24.3 Å². The first-order valence-electron chi connectivity index (χ1n) is 6.09. The van der Waals surface area contributed by atoms with E-state index < -0.39 is 32.6 Å². The summed E-state index contributed by atoms with van der Waals surface area (Å²) in [6, 6.07) is 4.26. The van der Waals surface area contributed by atoms with Crippen LogP contribution in [0.2, 0.25) is 0 Å². The van der Waals surface area contributed by atoms with Crippen molar-refractivity contribution in [2.24, 2.45) is 0 Å². The Morgan fingerprint density at radius 2 is 1.95 bits per heavy atom. The van der Waals surface area contributed by atoms with Crippen molar-refractivity contribution < 1.29 is 21.6 Å². The van der Waals surface area contributed by atoms with E-state index >= 15 is 0 Å².